The molecule has 0 fully saturated rings. The predicted octanol–water partition coefficient (Wildman–Crippen LogP) is 2.26. The lowest BCUT2D eigenvalue weighted by Crippen LogP contribution is -2.34. The number of hydrogen-bond donors (Lipinski definition) is 3. The van der Waals surface area contributed by atoms with Crippen LogP contribution in [0.5, 0.6) is 0 Å². The number of carbonyl (C=O) groups excluding carboxylic acids is 1. The van der Waals surface area contributed by atoms with Gasteiger partial charge in [-0.1, -0.05) is 38.1 Å². The summed E-state index contributed by atoms with van der Waals surface area (Å²) in [6, 6.07) is 7.55. The summed E-state index contributed by atoms with van der Waals surface area (Å²) in [6.45, 7) is 5.97. The number of benzene rings is 1. The van der Waals surface area contributed by atoms with Crippen molar-refractivity contribution in [3.63, 3.8) is 0 Å². The standard InChI is InChI=1S/C22H31N5O2/c1-3-9-27(10-4-2)22(29)18-11-19(23)20(26-21(24)12-18)14-25-13-16-5-7-17(15-28)8-6-16/h5-8,11,14,28H,3-4,9-10,12-13,15,23H2,1-2H3,(H2,24,26). The highest BCUT2D eigenvalue weighted by atomic mass is 16.3. The molecule has 0 aromatic heterocycles. The second-order valence-electron chi connectivity index (χ2n) is 7.03. The van der Waals surface area contributed by atoms with Gasteiger partial charge in [0.2, 0.25) is 5.91 Å². The van der Waals surface area contributed by atoms with Crippen LogP contribution in [0, 0.1) is 0 Å². The summed E-state index contributed by atoms with van der Waals surface area (Å²) in [5.41, 5.74) is 15.5. The summed E-state index contributed by atoms with van der Waals surface area (Å²) in [7, 11) is 0. The minimum absolute atomic E-state index is 0.0162. The Morgan fingerprint density at radius 1 is 1.17 bits per heavy atom. The maximum atomic E-state index is 12.9. The van der Waals surface area contributed by atoms with E-state index in [1.54, 1.807) is 12.3 Å². The molecule has 1 aromatic carbocycles. The number of aliphatic hydroxyl groups is 1. The number of rotatable bonds is 9. The van der Waals surface area contributed by atoms with Crippen LogP contribution in [0.4, 0.5) is 0 Å². The highest BCUT2D eigenvalue weighted by Gasteiger charge is 2.20. The van der Waals surface area contributed by atoms with Crippen LogP contribution in [-0.4, -0.2) is 41.1 Å². The molecule has 1 aliphatic rings. The first-order chi connectivity index (χ1) is 14.0. The maximum absolute atomic E-state index is 12.9. The lowest BCUT2D eigenvalue weighted by molar-refractivity contribution is -0.127. The zero-order chi connectivity index (χ0) is 21.2. The molecule has 29 heavy (non-hydrogen) atoms. The Morgan fingerprint density at radius 3 is 2.38 bits per heavy atom. The van der Waals surface area contributed by atoms with Gasteiger partial charge >= 0.3 is 0 Å². The number of amides is 1. The first kappa shape index (κ1) is 22.4. The van der Waals surface area contributed by atoms with Crippen molar-refractivity contribution in [1.29, 1.82) is 0 Å². The van der Waals surface area contributed by atoms with Gasteiger partial charge in [0.25, 0.3) is 0 Å². The van der Waals surface area contributed by atoms with E-state index in [-0.39, 0.29) is 18.9 Å². The number of nitrogens with zero attached hydrogens (tertiary/aromatic N) is 3. The van der Waals surface area contributed by atoms with Gasteiger partial charge in [-0.05, 0) is 30.0 Å². The van der Waals surface area contributed by atoms with Crippen LogP contribution in [0.3, 0.4) is 0 Å². The summed E-state index contributed by atoms with van der Waals surface area (Å²) in [5.74, 6) is 0.295. The smallest absolute Gasteiger partial charge is 0.250 e. The van der Waals surface area contributed by atoms with E-state index < -0.39 is 0 Å². The van der Waals surface area contributed by atoms with Gasteiger partial charge in [0.15, 0.2) is 0 Å². The molecule has 0 aliphatic carbocycles. The quantitative estimate of drug-likeness (QED) is 0.554. The summed E-state index contributed by atoms with van der Waals surface area (Å²) >= 11 is 0. The van der Waals surface area contributed by atoms with Gasteiger partial charge in [-0.15, -0.1) is 0 Å². The van der Waals surface area contributed by atoms with Crippen molar-refractivity contribution < 1.29 is 9.90 Å². The van der Waals surface area contributed by atoms with Gasteiger partial charge in [0, 0.05) is 31.3 Å². The molecule has 0 saturated carbocycles. The molecule has 1 aromatic rings. The van der Waals surface area contributed by atoms with Crippen molar-refractivity contribution in [3.05, 3.63) is 58.4 Å². The monoisotopic (exact) mass is 397 g/mol. The Balaban J connectivity index is 2.17. The van der Waals surface area contributed by atoms with Crippen LogP contribution < -0.4 is 11.5 Å². The number of amidine groups is 1. The second kappa shape index (κ2) is 11.2. The highest BCUT2D eigenvalue weighted by Crippen LogP contribution is 2.16. The van der Waals surface area contributed by atoms with Gasteiger partial charge in [-0.25, -0.2) is 4.99 Å². The fourth-order valence-electron chi connectivity index (χ4n) is 3.05. The lowest BCUT2D eigenvalue weighted by atomic mass is 10.1. The molecule has 0 atom stereocenters. The number of aliphatic imine (C=N–C) groups is 2. The van der Waals surface area contributed by atoms with E-state index in [1.807, 2.05) is 43.0 Å². The van der Waals surface area contributed by atoms with Gasteiger partial charge in [0.1, 0.15) is 11.5 Å². The van der Waals surface area contributed by atoms with E-state index in [0.29, 0.717) is 42.4 Å². The van der Waals surface area contributed by atoms with Crippen molar-refractivity contribution in [2.75, 3.05) is 13.1 Å². The molecule has 1 amide bonds. The molecule has 0 bridgehead atoms. The topological polar surface area (TPSA) is 117 Å². The van der Waals surface area contributed by atoms with Gasteiger partial charge in [-0.3, -0.25) is 9.79 Å². The number of allylic oxidation sites excluding steroid dienone is 2. The fraction of sp³-hybridized carbons (Fsp3) is 0.409. The highest BCUT2D eigenvalue weighted by molar-refractivity contribution is 6.02. The molecule has 7 nitrogen and oxygen atoms in total. The second-order valence-corrected chi connectivity index (χ2v) is 7.03. The van der Waals surface area contributed by atoms with E-state index >= 15 is 0 Å². The van der Waals surface area contributed by atoms with Crippen molar-refractivity contribution >= 4 is 18.0 Å². The van der Waals surface area contributed by atoms with Crippen molar-refractivity contribution in [3.8, 4) is 0 Å². The van der Waals surface area contributed by atoms with Crippen LogP contribution in [0.15, 0.2) is 57.3 Å². The number of aliphatic hydroxyl groups excluding tert-OH is 1. The molecule has 5 N–H and O–H groups in total. The van der Waals surface area contributed by atoms with Crippen LogP contribution in [0.25, 0.3) is 0 Å². The zero-order valence-corrected chi connectivity index (χ0v) is 17.3. The molecule has 7 heteroatoms. The number of nitrogens with two attached hydrogens (primary N) is 2. The molecule has 0 radical (unpaired) electrons. The molecule has 0 spiro atoms. The number of hydrogen-bond acceptors (Lipinski definition) is 6. The third-order valence-corrected chi connectivity index (χ3v) is 4.50. The SMILES string of the molecule is CCCN(CCC)C(=O)C1=CC(N)=C(C=NCc2ccc(CO)cc2)N=C(N)C1. The van der Waals surface area contributed by atoms with Gasteiger partial charge < -0.3 is 21.5 Å². The summed E-state index contributed by atoms with van der Waals surface area (Å²) in [6.07, 6.45) is 5.31. The summed E-state index contributed by atoms with van der Waals surface area (Å²) in [4.78, 5) is 23.5. The summed E-state index contributed by atoms with van der Waals surface area (Å²) < 4.78 is 0. The molecule has 0 unspecified atom stereocenters. The van der Waals surface area contributed by atoms with Crippen LogP contribution in [0.2, 0.25) is 0 Å². The molecular formula is C22H31N5O2. The Kier molecular flexibility index (Phi) is 8.61. The molecule has 1 heterocycles. The molecule has 0 saturated heterocycles. The first-order valence-corrected chi connectivity index (χ1v) is 9.99. The summed E-state index contributed by atoms with van der Waals surface area (Å²) in [5, 5.41) is 9.10. The average Bonchev–Trinajstić information content (AvgIpc) is 2.86. The Morgan fingerprint density at radius 2 is 1.79 bits per heavy atom. The number of carbonyl (C=O) groups is 1. The van der Waals surface area contributed by atoms with Crippen LogP contribution in [0.1, 0.15) is 44.2 Å². The van der Waals surface area contributed by atoms with Crippen molar-refractivity contribution in [2.24, 2.45) is 21.5 Å². The van der Waals surface area contributed by atoms with E-state index in [9.17, 15) is 4.79 Å². The normalized spacial score (nSPS) is 14.6. The largest absolute Gasteiger partial charge is 0.397 e. The van der Waals surface area contributed by atoms with Crippen LogP contribution >= 0.6 is 0 Å². The van der Waals surface area contributed by atoms with E-state index in [1.165, 1.54) is 0 Å². The van der Waals surface area contributed by atoms with E-state index in [4.69, 9.17) is 16.6 Å². The first-order valence-electron chi connectivity index (χ1n) is 9.99. The fourth-order valence-corrected chi connectivity index (χ4v) is 3.05. The van der Waals surface area contributed by atoms with Gasteiger partial charge in [-0.2, -0.15) is 0 Å². The molecule has 1 aliphatic heterocycles. The van der Waals surface area contributed by atoms with Crippen molar-refractivity contribution in [2.45, 2.75) is 46.3 Å². The van der Waals surface area contributed by atoms with E-state index in [0.717, 1.165) is 24.0 Å². The molecule has 156 valence electrons. The van der Waals surface area contributed by atoms with Crippen LogP contribution in [-0.2, 0) is 17.9 Å². The van der Waals surface area contributed by atoms with E-state index in [2.05, 4.69) is 9.98 Å². The molecule has 2 rings (SSSR count). The molecular weight excluding hydrogens is 366 g/mol. The Bertz CT molecular complexity index is 816. The van der Waals surface area contributed by atoms with Crippen molar-refractivity contribution in [1.82, 2.24) is 4.90 Å². The lowest BCUT2D eigenvalue weighted by Gasteiger charge is -2.22. The minimum Gasteiger partial charge on any atom is -0.397 e. The third-order valence-electron chi connectivity index (χ3n) is 4.50. The predicted molar refractivity (Wildman–Crippen MR) is 117 cm³/mol. The Hall–Kier alpha value is -2.93. The average molecular weight is 398 g/mol. The minimum atomic E-state index is -0.0445. The van der Waals surface area contributed by atoms with Gasteiger partial charge in [0.05, 0.1) is 18.8 Å². The maximum Gasteiger partial charge on any atom is 0.250 e. The third kappa shape index (κ3) is 6.57. The zero-order valence-electron chi connectivity index (χ0n) is 17.3. The Labute approximate surface area is 172 Å².